The van der Waals surface area contributed by atoms with Crippen LogP contribution in [0.5, 0.6) is 0 Å². The van der Waals surface area contributed by atoms with Gasteiger partial charge in [-0.25, -0.2) is 9.78 Å². The topological polar surface area (TPSA) is 68.0 Å². The van der Waals surface area contributed by atoms with Crippen molar-refractivity contribution in [3.05, 3.63) is 36.2 Å². The fourth-order valence-corrected chi connectivity index (χ4v) is 1.26. The Morgan fingerprint density at radius 1 is 1.47 bits per heavy atom. The molecule has 1 aromatic carbocycles. The van der Waals surface area contributed by atoms with Gasteiger partial charge >= 0.3 is 5.97 Å². The summed E-state index contributed by atoms with van der Waals surface area (Å²) in [6, 6.07) is 6.54. The monoisotopic (exact) mass is 203 g/mol. The zero-order valence-corrected chi connectivity index (χ0v) is 8.08. The highest BCUT2D eigenvalue weighted by Crippen LogP contribution is 2.15. The molecule has 0 aliphatic heterocycles. The normalized spacial score (nSPS) is 10.2. The van der Waals surface area contributed by atoms with Gasteiger partial charge in [0.2, 0.25) is 0 Å². The third-order valence-electron chi connectivity index (χ3n) is 1.97. The van der Waals surface area contributed by atoms with E-state index in [4.69, 9.17) is 5.11 Å². The van der Waals surface area contributed by atoms with E-state index in [1.807, 2.05) is 0 Å². The largest absolute Gasteiger partial charge is 0.478 e. The molecule has 1 aromatic heterocycles. The van der Waals surface area contributed by atoms with Crippen LogP contribution >= 0.6 is 0 Å². The number of rotatable bonds is 2. The molecule has 2 aromatic rings. The molecule has 1 N–H and O–H groups in total. The Bertz CT molecular complexity index is 505. The summed E-state index contributed by atoms with van der Waals surface area (Å²) in [4.78, 5) is 14.8. The molecule has 0 amide bonds. The number of nitrogens with zero attached hydrogens (tertiary/aromatic N) is 3. The minimum Gasteiger partial charge on any atom is -0.478 e. The van der Waals surface area contributed by atoms with Crippen molar-refractivity contribution in [2.24, 2.45) is 7.05 Å². The van der Waals surface area contributed by atoms with Crippen molar-refractivity contribution >= 4 is 5.97 Å². The van der Waals surface area contributed by atoms with E-state index in [0.29, 0.717) is 11.4 Å². The number of carbonyl (C=O) groups is 1. The van der Waals surface area contributed by atoms with Gasteiger partial charge in [0.1, 0.15) is 6.33 Å². The van der Waals surface area contributed by atoms with Gasteiger partial charge in [-0.1, -0.05) is 12.1 Å². The highest BCUT2D eigenvalue weighted by molar-refractivity contribution is 5.89. The van der Waals surface area contributed by atoms with E-state index in [-0.39, 0.29) is 5.56 Å². The molecule has 0 atom stereocenters. The summed E-state index contributed by atoms with van der Waals surface area (Å²) >= 11 is 0. The number of hydrogen-bond donors (Lipinski definition) is 1. The third kappa shape index (κ3) is 1.85. The van der Waals surface area contributed by atoms with Crippen LogP contribution in [0.25, 0.3) is 11.4 Å². The third-order valence-corrected chi connectivity index (χ3v) is 1.97. The van der Waals surface area contributed by atoms with Crippen LogP contribution in [0.3, 0.4) is 0 Å². The molecule has 2 rings (SSSR count). The second-order valence-electron chi connectivity index (χ2n) is 3.13. The summed E-state index contributed by atoms with van der Waals surface area (Å²) in [5.74, 6) is -0.423. The van der Waals surface area contributed by atoms with Crippen molar-refractivity contribution in [3.63, 3.8) is 0 Å². The molecule has 0 radical (unpaired) electrons. The van der Waals surface area contributed by atoms with Gasteiger partial charge in [0.05, 0.1) is 5.56 Å². The molecule has 0 saturated heterocycles. The van der Waals surface area contributed by atoms with Crippen LogP contribution in [0.2, 0.25) is 0 Å². The maximum atomic E-state index is 10.7. The average molecular weight is 203 g/mol. The van der Waals surface area contributed by atoms with Crippen molar-refractivity contribution in [3.8, 4) is 11.4 Å². The van der Waals surface area contributed by atoms with Gasteiger partial charge < -0.3 is 5.11 Å². The minimum atomic E-state index is -0.951. The first kappa shape index (κ1) is 9.39. The molecule has 0 saturated carbocycles. The van der Waals surface area contributed by atoms with Crippen LogP contribution in [-0.2, 0) is 7.05 Å². The van der Waals surface area contributed by atoms with Crippen molar-refractivity contribution in [1.29, 1.82) is 0 Å². The number of aromatic nitrogens is 3. The van der Waals surface area contributed by atoms with E-state index in [1.54, 1.807) is 36.3 Å². The quantitative estimate of drug-likeness (QED) is 0.795. The van der Waals surface area contributed by atoms with Crippen molar-refractivity contribution in [2.75, 3.05) is 0 Å². The molecule has 15 heavy (non-hydrogen) atoms. The van der Waals surface area contributed by atoms with E-state index in [1.165, 1.54) is 6.07 Å². The predicted molar refractivity (Wildman–Crippen MR) is 53.4 cm³/mol. The van der Waals surface area contributed by atoms with Gasteiger partial charge in [0.25, 0.3) is 0 Å². The summed E-state index contributed by atoms with van der Waals surface area (Å²) < 4.78 is 1.57. The number of aryl methyl sites for hydroxylation is 1. The Morgan fingerprint density at radius 3 is 2.87 bits per heavy atom. The van der Waals surface area contributed by atoms with Crippen molar-refractivity contribution in [2.45, 2.75) is 0 Å². The smallest absolute Gasteiger partial charge is 0.335 e. The van der Waals surface area contributed by atoms with Gasteiger partial charge in [-0.15, -0.1) is 0 Å². The summed E-state index contributed by atoms with van der Waals surface area (Å²) in [5, 5.41) is 12.9. The maximum absolute atomic E-state index is 10.7. The molecule has 0 aliphatic carbocycles. The molecular formula is C10H9N3O2. The molecule has 5 heteroatoms. The minimum absolute atomic E-state index is 0.236. The fraction of sp³-hybridized carbons (Fsp3) is 0.100. The van der Waals surface area contributed by atoms with Crippen LogP contribution in [0.4, 0.5) is 0 Å². The van der Waals surface area contributed by atoms with E-state index in [9.17, 15) is 4.79 Å². The van der Waals surface area contributed by atoms with E-state index >= 15 is 0 Å². The molecule has 0 unspecified atom stereocenters. The molecule has 0 fully saturated rings. The highest BCUT2D eigenvalue weighted by atomic mass is 16.4. The summed E-state index contributed by atoms with van der Waals surface area (Å²) in [6.45, 7) is 0. The number of aromatic carboxylic acids is 1. The lowest BCUT2D eigenvalue weighted by Crippen LogP contribution is -1.96. The summed E-state index contributed by atoms with van der Waals surface area (Å²) in [6.07, 6.45) is 1.57. The van der Waals surface area contributed by atoms with Gasteiger partial charge in [-0.05, 0) is 12.1 Å². The lowest BCUT2D eigenvalue weighted by atomic mass is 10.1. The number of carboxylic acid groups (broad SMARTS) is 1. The standard InChI is InChI=1S/C10H9N3O2/c1-13-6-11-9(12-13)7-3-2-4-8(5-7)10(14)15/h2-6H,1H3,(H,14,15). The Balaban J connectivity index is 2.45. The molecule has 0 bridgehead atoms. The Morgan fingerprint density at radius 2 is 2.27 bits per heavy atom. The van der Waals surface area contributed by atoms with Crippen molar-refractivity contribution < 1.29 is 9.90 Å². The summed E-state index contributed by atoms with van der Waals surface area (Å²) in [5.41, 5.74) is 0.940. The van der Waals surface area contributed by atoms with Crippen LogP contribution < -0.4 is 0 Å². The van der Waals surface area contributed by atoms with E-state index in [0.717, 1.165) is 0 Å². The Labute approximate surface area is 86.0 Å². The van der Waals surface area contributed by atoms with Crippen molar-refractivity contribution in [1.82, 2.24) is 14.8 Å². The SMILES string of the molecule is Cn1cnc(-c2cccc(C(=O)O)c2)n1. The molecule has 1 heterocycles. The predicted octanol–water partition coefficient (Wildman–Crippen LogP) is 1.18. The zero-order valence-electron chi connectivity index (χ0n) is 8.08. The van der Waals surface area contributed by atoms with E-state index in [2.05, 4.69) is 10.1 Å². The molecule has 76 valence electrons. The second-order valence-corrected chi connectivity index (χ2v) is 3.13. The van der Waals surface area contributed by atoms with Crippen LogP contribution in [0.15, 0.2) is 30.6 Å². The van der Waals surface area contributed by atoms with Crippen LogP contribution in [-0.4, -0.2) is 25.8 Å². The molecule has 5 nitrogen and oxygen atoms in total. The lowest BCUT2D eigenvalue weighted by Gasteiger charge is -1.97. The first-order valence-electron chi connectivity index (χ1n) is 4.36. The van der Waals surface area contributed by atoms with Crippen LogP contribution in [0.1, 0.15) is 10.4 Å². The average Bonchev–Trinajstić information content (AvgIpc) is 2.65. The number of hydrogen-bond acceptors (Lipinski definition) is 3. The lowest BCUT2D eigenvalue weighted by molar-refractivity contribution is 0.0697. The molecular weight excluding hydrogens is 194 g/mol. The first-order chi connectivity index (χ1) is 7.16. The number of benzene rings is 1. The Hall–Kier alpha value is -2.17. The van der Waals surface area contributed by atoms with E-state index < -0.39 is 5.97 Å². The van der Waals surface area contributed by atoms with Gasteiger partial charge in [0.15, 0.2) is 5.82 Å². The second kappa shape index (κ2) is 3.53. The van der Waals surface area contributed by atoms with Crippen LogP contribution in [0, 0.1) is 0 Å². The van der Waals surface area contributed by atoms with Gasteiger partial charge in [0, 0.05) is 12.6 Å². The highest BCUT2D eigenvalue weighted by Gasteiger charge is 2.07. The summed E-state index contributed by atoms with van der Waals surface area (Å²) in [7, 11) is 1.76. The first-order valence-corrected chi connectivity index (χ1v) is 4.36. The van der Waals surface area contributed by atoms with Gasteiger partial charge in [-0.2, -0.15) is 5.10 Å². The maximum Gasteiger partial charge on any atom is 0.335 e. The Kier molecular flexibility index (Phi) is 2.21. The zero-order chi connectivity index (χ0) is 10.8. The fourth-order valence-electron chi connectivity index (χ4n) is 1.26. The number of carboxylic acids is 1. The molecule has 0 spiro atoms. The van der Waals surface area contributed by atoms with Gasteiger partial charge in [-0.3, -0.25) is 4.68 Å². The molecule has 0 aliphatic rings.